The average Bonchev–Trinajstić information content (AvgIpc) is 3.31. The van der Waals surface area contributed by atoms with Crippen LogP contribution >= 0.6 is 24.8 Å². The summed E-state index contributed by atoms with van der Waals surface area (Å²) in [6.07, 6.45) is 7.32. The van der Waals surface area contributed by atoms with Gasteiger partial charge in [-0.3, -0.25) is 9.80 Å². The molecule has 8 rings (SSSR count). The van der Waals surface area contributed by atoms with Gasteiger partial charge in [0.05, 0.1) is 25.6 Å². The molecule has 6 aromatic rings. The van der Waals surface area contributed by atoms with Crippen LogP contribution in [-0.2, 0) is 0 Å². The van der Waals surface area contributed by atoms with Gasteiger partial charge in [0, 0.05) is 103 Å². The zero-order valence-electron chi connectivity index (χ0n) is 34.9. The third-order valence-corrected chi connectivity index (χ3v) is 10.6. The normalized spacial score (nSPS) is 13.9. The maximum Gasteiger partial charge on any atom is 0.142 e. The van der Waals surface area contributed by atoms with Crippen molar-refractivity contribution in [2.24, 2.45) is 0 Å². The third kappa shape index (κ3) is 13.1. The summed E-state index contributed by atoms with van der Waals surface area (Å²) in [5, 5.41) is 0. The molecule has 0 aliphatic carbocycles. The Balaban J connectivity index is 0.000000256. The molecule has 0 radical (unpaired) electrons. The van der Waals surface area contributed by atoms with Gasteiger partial charge in [-0.25, -0.2) is 19.9 Å². The minimum Gasteiger partial charge on any atom is -0.495 e. The van der Waals surface area contributed by atoms with E-state index in [9.17, 15) is 0 Å². The predicted octanol–water partition coefficient (Wildman–Crippen LogP) is 6.91. The molecular weight excluding hydrogens is 811 g/mol. The van der Waals surface area contributed by atoms with Crippen molar-refractivity contribution in [3.63, 3.8) is 0 Å². The number of para-hydroxylation sites is 4. The lowest BCUT2D eigenvalue weighted by atomic mass is 10.2. The molecule has 0 atom stereocenters. The Morgan fingerprint density at radius 2 is 0.721 bits per heavy atom. The molecule has 2 aliphatic rings. The number of rotatable bonds is 14. The molecular formula is C46H58Cl2N10O3. The number of nitrogens with zero attached hydrogens (tertiary/aromatic N) is 10. The van der Waals surface area contributed by atoms with E-state index in [1.165, 1.54) is 11.4 Å². The summed E-state index contributed by atoms with van der Waals surface area (Å²) in [5.74, 6) is 5.60. The quantitative estimate of drug-likeness (QED) is 0.113. The van der Waals surface area contributed by atoms with Crippen LogP contribution < -0.4 is 29.1 Å². The number of anilines is 6. The Bertz CT molecular complexity index is 1850. The van der Waals surface area contributed by atoms with Crippen LogP contribution in [-0.4, -0.2) is 128 Å². The van der Waals surface area contributed by atoms with Crippen molar-refractivity contribution in [2.45, 2.75) is 0 Å². The predicted molar refractivity (Wildman–Crippen MR) is 252 cm³/mol. The highest BCUT2D eigenvalue weighted by atomic mass is 35.5. The van der Waals surface area contributed by atoms with Gasteiger partial charge in [0.25, 0.3) is 0 Å². The second-order valence-electron chi connectivity index (χ2n) is 14.1. The SMILES string of the molecule is COc1ccccc1N1CCN(CCN(c2ccccn2)c2ccccn2)CC1.COc1ccccc1N1CCN(CCN(c2ccccn2)c2ccccn2)CC1.Cl.Cl.O. The first-order valence-corrected chi connectivity index (χ1v) is 20.1. The Morgan fingerprint density at radius 1 is 0.426 bits per heavy atom. The Labute approximate surface area is 372 Å². The molecule has 324 valence electrons. The Kier molecular flexibility index (Phi) is 19.8. The molecule has 2 aliphatic heterocycles. The average molecular weight is 870 g/mol. The van der Waals surface area contributed by atoms with E-state index in [0.717, 1.165) is 113 Å². The molecule has 0 bridgehead atoms. The van der Waals surface area contributed by atoms with Crippen LogP contribution in [0.5, 0.6) is 11.5 Å². The summed E-state index contributed by atoms with van der Waals surface area (Å²) in [4.78, 5) is 32.3. The molecule has 0 spiro atoms. The molecule has 61 heavy (non-hydrogen) atoms. The molecule has 0 amide bonds. The zero-order chi connectivity index (χ0) is 39.8. The summed E-state index contributed by atoms with van der Waals surface area (Å²) < 4.78 is 11.1. The fraction of sp³-hybridized carbons (Fsp3) is 0.304. The van der Waals surface area contributed by atoms with E-state index in [0.29, 0.717) is 0 Å². The van der Waals surface area contributed by atoms with E-state index < -0.39 is 0 Å². The monoisotopic (exact) mass is 868 g/mol. The second kappa shape index (κ2) is 25.2. The first kappa shape index (κ1) is 48.0. The highest BCUT2D eigenvalue weighted by molar-refractivity contribution is 5.85. The van der Waals surface area contributed by atoms with Gasteiger partial charge in [-0.15, -0.1) is 24.8 Å². The van der Waals surface area contributed by atoms with E-state index in [1.54, 1.807) is 14.2 Å². The van der Waals surface area contributed by atoms with Gasteiger partial charge in [0.15, 0.2) is 0 Å². The van der Waals surface area contributed by atoms with Gasteiger partial charge in [-0.1, -0.05) is 48.5 Å². The zero-order valence-corrected chi connectivity index (χ0v) is 36.6. The number of hydrogen-bond acceptors (Lipinski definition) is 12. The topological polar surface area (TPSA) is 121 Å². The maximum absolute atomic E-state index is 5.53. The number of hydrogen-bond donors (Lipinski definition) is 0. The van der Waals surface area contributed by atoms with Gasteiger partial charge in [-0.2, -0.15) is 0 Å². The van der Waals surface area contributed by atoms with Crippen molar-refractivity contribution in [3.8, 4) is 11.5 Å². The summed E-state index contributed by atoms with van der Waals surface area (Å²) in [5.41, 5.74) is 2.36. The van der Waals surface area contributed by atoms with Gasteiger partial charge >= 0.3 is 0 Å². The van der Waals surface area contributed by atoms with Crippen LogP contribution in [0.15, 0.2) is 146 Å². The number of methoxy groups -OCH3 is 2. The summed E-state index contributed by atoms with van der Waals surface area (Å²) >= 11 is 0. The van der Waals surface area contributed by atoms with Gasteiger partial charge in [0.1, 0.15) is 34.8 Å². The molecule has 0 unspecified atom stereocenters. The molecule has 2 saturated heterocycles. The summed E-state index contributed by atoms with van der Waals surface area (Å²) in [7, 11) is 3.47. The summed E-state index contributed by atoms with van der Waals surface area (Å²) in [6.45, 7) is 11.7. The molecule has 0 saturated carbocycles. The molecule has 2 N–H and O–H groups in total. The highest BCUT2D eigenvalue weighted by Gasteiger charge is 2.22. The van der Waals surface area contributed by atoms with E-state index in [1.807, 2.05) is 122 Å². The smallest absolute Gasteiger partial charge is 0.142 e. The molecule has 6 heterocycles. The van der Waals surface area contributed by atoms with E-state index in [4.69, 9.17) is 9.47 Å². The number of pyridine rings is 4. The third-order valence-electron chi connectivity index (χ3n) is 10.6. The van der Waals surface area contributed by atoms with Crippen molar-refractivity contribution in [1.29, 1.82) is 0 Å². The Hall–Kier alpha value is -5.70. The molecule has 15 heteroatoms. The van der Waals surface area contributed by atoms with E-state index >= 15 is 0 Å². The van der Waals surface area contributed by atoms with Gasteiger partial charge in [0.2, 0.25) is 0 Å². The van der Waals surface area contributed by atoms with Gasteiger partial charge < -0.3 is 34.5 Å². The standard InChI is InChI=1S/2C23H27N5O.2ClH.H2O/c2*1-29-21-9-3-2-8-20(21)27-17-14-26(15-18-27)16-19-28(22-10-4-6-12-24-22)23-11-5-7-13-25-23;;;/h2*2-13H,14-19H2,1H3;2*1H;1H2. The maximum atomic E-state index is 5.53. The number of halogens is 2. The molecule has 13 nitrogen and oxygen atoms in total. The van der Waals surface area contributed by atoms with Gasteiger partial charge in [-0.05, 0) is 72.8 Å². The van der Waals surface area contributed by atoms with Crippen LogP contribution in [0.1, 0.15) is 0 Å². The molecule has 4 aromatic heterocycles. The van der Waals surface area contributed by atoms with E-state index in [2.05, 4.69) is 73.6 Å². The van der Waals surface area contributed by atoms with Crippen molar-refractivity contribution in [3.05, 3.63) is 146 Å². The number of benzene rings is 2. The van der Waals surface area contributed by atoms with Crippen molar-refractivity contribution < 1.29 is 14.9 Å². The second-order valence-corrected chi connectivity index (χ2v) is 14.1. The lowest BCUT2D eigenvalue weighted by molar-refractivity contribution is 0.263. The number of aromatic nitrogens is 4. The van der Waals surface area contributed by atoms with Crippen LogP contribution in [0.4, 0.5) is 34.6 Å². The van der Waals surface area contributed by atoms with E-state index in [-0.39, 0.29) is 30.3 Å². The van der Waals surface area contributed by atoms with Crippen LogP contribution in [0.25, 0.3) is 0 Å². The lowest BCUT2D eigenvalue weighted by Gasteiger charge is -2.37. The van der Waals surface area contributed by atoms with Crippen molar-refractivity contribution in [1.82, 2.24) is 29.7 Å². The number of ether oxygens (including phenoxy) is 2. The Morgan fingerprint density at radius 3 is 1.00 bits per heavy atom. The number of piperazine rings is 2. The molecule has 2 aromatic carbocycles. The summed E-state index contributed by atoms with van der Waals surface area (Å²) in [6, 6.07) is 40.5. The first-order chi connectivity index (χ1) is 28.7. The van der Waals surface area contributed by atoms with Crippen molar-refractivity contribution in [2.75, 3.05) is 112 Å². The molecule has 2 fully saturated rings. The minimum atomic E-state index is 0. The largest absolute Gasteiger partial charge is 0.495 e. The highest BCUT2D eigenvalue weighted by Crippen LogP contribution is 2.30. The first-order valence-electron chi connectivity index (χ1n) is 20.1. The fourth-order valence-corrected chi connectivity index (χ4v) is 7.44. The lowest BCUT2D eigenvalue weighted by Crippen LogP contribution is -2.48. The van der Waals surface area contributed by atoms with Crippen LogP contribution in [0, 0.1) is 0 Å². The fourth-order valence-electron chi connectivity index (χ4n) is 7.44. The van der Waals surface area contributed by atoms with Crippen LogP contribution in [0.3, 0.4) is 0 Å². The van der Waals surface area contributed by atoms with Crippen molar-refractivity contribution >= 4 is 59.5 Å². The van der Waals surface area contributed by atoms with Crippen LogP contribution in [0.2, 0.25) is 0 Å². The minimum absolute atomic E-state index is 0.